The van der Waals surface area contributed by atoms with Gasteiger partial charge in [-0.25, -0.2) is 0 Å². The van der Waals surface area contributed by atoms with Gasteiger partial charge in [-0.2, -0.15) is 15.0 Å². The number of anilines is 3. The molecule has 19 heavy (non-hydrogen) atoms. The van der Waals surface area contributed by atoms with E-state index in [0.717, 1.165) is 12.2 Å². The minimum absolute atomic E-state index is 0.165. The molecule has 0 unspecified atom stereocenters. The van der Waals surface area contributed by atoms with Crippen LogP contribution in [-0.4, -0.2) is 21.5 Å². The van der Waals surface area contributed by atoms with Gasteiger partial charge in [-0.3, -0.25) is 0 Å². The molecule has 0 spiro atoms. The third-order valence-corrected chi connectivity index (χ3v) is 2.59. The van der Waals surface area contributed by atoms with E-state index in [1.165, 1.54) is 11.1 Å². The van der Waals surface area contributed by atoms with Crippen molar-refractivity contribution in [2.24, 2.45) is 0 Å². The zero-order chi connectivity index (χ0) is 13.8. The molecule has 1 heterocycles. The Balaban J connectivity index is 2.27. The Morgan fingerprint density at radius 3 is 2.26 bits per heavy atom. The molecule has 2 rings (SSSR count). The predicted octanol–water partition coefficient (Wildman–Crippen LogP) is 3.32. The van der Waals surface area contributed by atoms with Crippen molar-refractivity contribution in [2.45, 2.75) is 20.8 Å². The van der Waals surface area contributed by atoms with Crippen LogP contribution in [0.25, 0.3) is 0 Å². The molecule has 0 saturated heterocycles. The number of nitrogens with one attached hydrogen (secondary N) is 2. The second-order valence-electron chi connectivity index (χ2n) is 4.28. The van der Waals surface area contributed by atoms with Gasteiger partial charge in [0.25, 0.3) is 0 Å². The number of halogens is 1. The monoisotopic (exact) mass is 277 g/mol. The first-order valence-electron chi connectivity index (χ1n) is 6.07. The van der Waals surface area contributed by atoms with E-state index in [-0.39, 0.29) is 5.28 Å². The highest BCUT2D eigenvalue weighted by molar-refractivity contribution is 6.28. The summed E-state index contributed by atoms with van der Waals surface area (Å²) in [6, 6.07) is 6.16. The Hall–Kier alpha value is -1.88. The lowest BCUT2D eigenvalue weighted by Crippen LogP contribution is -2.06. The molecule has 0 atom stereocenters. The normalized spacial score (nSPS) is 10.3. The van der Waals surface area contributed by atoms with Crippen molar-refractivity contribution in [1.29, 1.82) is 0 Å². The first-order valence-corrected chi connectivity index (χ1v) is 6.45. The van der Waals surface area contributed by atoms with Gasteiger partial charge >= 0.3 is 0 Å². The summed E-state index contributed by atoms with van der Waals surface area (Å²) in [5.41, 5.74) is 3.28. The van der Waals surface area contributed by atoms with Crippen LogP contribution in [0, 0.1) is 13.8 Å². The summed E-state index contributed by atoms with van der Waals surface area (Å²) in [5, 5.41) is 6.31. The Labute approximate surface area is 117 Å². The van der Waals surface area contributed by atoms with E-state index in [9.17, 15) is 0 Å². The number of hydrogen-bond acceptors (Lipinski definition) is 5. The van der Waals surface area contributed by atoms with Crippen LogP contribution in [0.4, 0.5) is 17.6 Å². The third-order valence-electron chi connectivity index (χ3n) is 2.42. The molecule has 0 aliphatic heterocycles. The second-order valence-corrected chi connectivity index (χ2v) is 4.62. The van der Waals surface area contributed by atoms with E-state index in [0.29, 0.717) is 11.9 Å². The highest BCUT2D eigenvalue weighted by atomic mass is 35.5. The first-order chi connectivity index (χ1) is 9.06. The molecule has 0 bridgehead atoms. The molecule has 0 radical (unpaired) electrons. The van der Waals surface area contributed by atoms with Gasteiger partial charge in [0, 0.05) is 12.2 Å². The molecule has 0 saturated carbocycles. The fraction of sp³-hybridized carbons (Fsp3) is 0.308. The maximum absolute atomic E-state index is 5.87. The van der Waals surface area contributed by atoms with E-state index in [1.54, 1.807) is 0 Å². The van der Waals surface area contributed by atoms with Crippen LogP contribution in [0.2, 0.25) is 5.28 Å². The SMILES string of the molecule is CCNc1nc(Cl)nc(Nc2cc(C)cc(C)c2)n1. The zero-order valence-corrected chi connectivity index (χ0v) is 11.9. The standard InChI is InChI=1S/C13H16ClN5/c1-4-15-12-17-11(14)18-13(19-12)16-10-6-8(2)5-9(3)7-10/h5-7H,4H2,1-3H3,(H2,15,16,17,18,19). The van der Waals surface area contributed by atoms with Gasteiger partial charge in [0.15, 0.2) is 0 Å². The predicted molar refractivity (Wildman–Crippen MR) is 78.2 cm³/mol. The van der Waals surface area contributed by atoms with Gasteiger partial charge in [0.05, 0.1) is 0 Å². The largest absolute Gasteiger partial charge is 0.354 e. The van der Waals surface area contributed by atoms with E-state index in [1.807, 2.05) is 32.9 Å². The van der Waals surface area contributed by atoms with Crippen molar-refractivity contribution in [3.05, 3.63) is 34.6 Å². The minimum Gasteiger partial charge on any atom is -0.354 e. The fourth-order valence-corrected chi connectivity index (χ4v) is 1.98. The first kappa shape index (κ1) is 13.5. The van der Waals surface area contributed by atoms with Gasteiger partial charge in [-0.05, 0) is 55.6 Å². The fourth-order valence-electron chi connectivity index (χ4n) is 1.82. The highest BCUT2D eigenvalue weighted by Crippen LogP contribution is 2.18. The molecule has 1 aromatic carbocycles. The van der Waals surface area contributed by atoms with Gasteiger partial charge in [-0.15, -0.1) is 0 Å². The summed E-state index contributed by atoms with van der Waals surface area (Å²) in [6.45, 7) is 6.78. The maximum atomic E-state index is 5.87. The van der Waals surface area contributed by atoms with Crippen molar-refractivity contribution in [3.63, 3.8) is 0 Å². The summed E-state index contributed by atoms with van der Waals surface area (Å²) in [4.78, 5) is 12.3. The number of aryl methyl sites for hydroxylation is 2. The van der Waals surface area contributed by atoms with Crippen LogP contribution >= 0.6 is 11.6 Å². The lowest BCUT2D eigenvalue weighted by atomic mass is 10.1. The Morgan fingerprint density at radius 1 is 1.00 bits per heavy atom. The summed E-state index contributed by atoms with van der Waals surface area (Å²) < 4.78 is 0. The Morgan fingerprint density at radius 2 is 1.63 bits per heavy atom. The number of aromatic nitrogens is 3. The van der Waals surface area contributed by atoms with E-state index in [4.69, 9.17) is 11.6 Å². The van der Waals surface area contributed by atoms with Gasteiger partial charge in [-0.1, -0.05) is 6.07 Å². The molecular weight excluding hydrogens is 262 g/mol. The van der Waals surface area contributed by atoms with E-state index < -0.39 is 0 Å². The van der Waals surface area contributed by atoms with Crippen molar-refractivity contribution in [2.75, 3.05) is 17.2 Å². The van der Waals surface area contributed by atoms with E-state index >= 15 is 0 Å². The van der Waals surface area contributed by atoms with Crippen LogP contribution < -0.4 is 10.6 Å². The lowest BCUT2D eigenvalue weighted by molar-refractivity contribution is 1.02. The average Bonchev–Trinajstić information content (AvgIpc) is 2.26. The quantitative estimate of drug-likeness (QED) is 0.898. The molecule has 6 heteroatoms. The van der Waals surface area contributed by atoms with Gasteiger partial charge < -0.3 is 10.6 Å². The number of benzene rings is 1. The van der Waals surface area contributed by atoms with Gasteiger partial charge in [0.2, 0.25) is 17.2 Å². The topological polar surface area (TPSA) is 62.7 Å². The van der Waals surface area contributed by atoms with Crippen molar-refractivity contribution >= 4 is 29.2 Å². The molecule has 5 nitrogen and oxygen atoms in total. The second kappa shape index (κ2) is 5.84. The van der Waals surface area contributed by atoms with Crippen LogP contribution in [-0.2, 0) is 0 Å². The number of nitrogens with zero attached hydrogens (tertiary/aromatic N) is 3. The lowest BCUT2D eigenvalue weighted by Gasteiger charge is -2.08. The van der Waals surface area contributed by atoms with Crippen LogP contribution in [0.1, 0.15) is 18.1 Å². The average molecular weight is 278 g/mol. The Bertz CT molecular complexity index is 565. The molecular formula is C13H16ClN5. The smallest absolute Gasteiger partial charge is 0.233 e. The van der Waals surface area contributed by atoms with Crippen molar-refractivity contribution < 1.29 is 0 Å². The molecule has 2 aromatic rings. The van der Waals surface area contributed by atoms with Crippen LogP contribution in [0.5, 0.6) is 0 Å². The summed E-state index contributed by atoms with van der Waals surface area (Å²) in [5.74, 6) is 0.898. The van der Waals surface area contributed by atoms with Crippen LogP contribution in [0.3, 0.4) is 0 Å². The molecule has 0 amide bonds. The number of rotatable bonds is 4. The van der Waals surface area contributed by atoms with Gasteiger partial charge in [0.1, 0.15) is 0 Å². The molecule has 1 aromatic heterocycles. The van der Waals surface area contributed by atoms with E-state index in [2.05, 4.69) is 31.7 Å². The molecule has 0 aliphatic carbocycles. The highest BCUT2D eigenvalue weighted by Gasteiger charge is 2.05. The maximum Gasteiger partial charge on any atom is 0.233 e. The van der Waals surface area contributed by atoms with Crippen molar-refractivity contribution in [3.8, 4) is 0 Å². The molecule has 2 N–H and O–H groups in total. The Kier molecular flexibility index (Phi) is 4.16. The summed E-state index contributed by atoms with van der Waals surface area (Å²) >= 11 is 5.87. The van der Waals surface area contributed by atoms with Crippen molar-refractivity contribution in [1.82, 2.24) is 15.0 Å². The third kappa shape index (κ3) is 3.79. The molecule has 100 valence electrons. The zero-order valence-electron chi connectivity index (χ0n) is 11.2. The summed E-state index contributed by atoms with van der Waals surface area (Å²) in [6.07, 6.45) is 0. The molecule has 0 aliphatic rings. The van der Waals surface area contributed by atoms with Crippen LogP contribution in [0.15, 0.2) is 18.2 Å². The number of hydrogen-bond donors (Lipinski definition) is 2. The molecule has 0 fully saturated rings. The minimum atomic E-state index is 0.165. The summed E-state index contributed by atoms with van der Waals surface area (Å²) in [7, 11) is 0.